The fourth-order valence-corrected chi connectivity index (χ4v) is 2.50. The largest absolute Gasteiger partial charge is 0.312 e. The van der Waals surface area contributed by atoms with Gasteiger partial charge < -0.3 is 10.2 Å². The van der Waals surface area contributed by atoms with Gasteiger partial charge >= 0.3 is 0 Å². The first-order valence-electron chi connectivity index (χ1n) is 6.87. The molecule has 5 heteroatoms. The minimum atomic E-state index is -0.655. The predicted octanol–water partition coefficient (Wildman–Crippen LogP) is 2.27. The number of rotatable bonds is 4. The van der Waals surface area contributed by atoms with Crippen LogP contribution in [0.5, 0.6) is 0 Å². The lowest BCUT2D eigenvalue weighted by molar-refractivity contribution is 0.215. The molecule has 1 aliphatic rings. The lowest BCUT2D eigenvalue weighted by Gasteiger charge is -2.29. The molecule has 1 aromatic rings. The standard InChI is InChI=1S/C15H19F2N3/c1-20-4-2-11(3-5-20)9-19-10-13-14(16)6-12(8-18)7-15(13)17/h6-7,11,19H,2-5,9-10H2,1H3. The SMILES string of the molecule is CN1CCC(CNCc2c(F)cc(C#N)cc2F)CC1. The highest BCUT2D eigenvalue weighted by molar-refractivity contribution is 5.34. The Kier molecular flexibility index (Phi) is 5.05. The molecule has 1 aliphatic heterocycles. The van der Waals surface area contributed by atoms with E-state index in [1.165, 1.54) is 0 Å². The molecule has 1 heterocycles. The van der Waals surface area contributed by atoms with Crippen molar-refractivity contribution in [3.8, 4) is 6.07 Å². The number of halogens is 2. The first kappa shape index (κ1) is 14.9. The Labute approximate surface area is 118 Å². The summed E-state index contributed by atoms with van der Waals surface area (Å²) in [6, 6.07) is 3.90. The second kappa shape index (κ2) is 6.78. The van der Waals surface area contributed by atoms with Gasteiger partial charge in [-0.3, -0.25) is 0 Å². The molecule has 0 amide bonds. The number of hydrogen-bond donors (Lipinski definition) is 1. The molecule has 0 saturated carbocycles. The Morgan fingerprint density at radius 2 is 1.90 bits per heavy atom. The van der Waals surface area contributed by atoms with E-state index in [0.29, 0.717) is 5.92 Å². The van der Waals surface area contributed by atoms with Crippen LogP contribution in [-0.4, -0.2) is 31.6 Å². The van der Waals surface area contributed by atoms with E-state index in [-0.39, 0.29) is 17.7 Å². The molecule has 1 saturated heterocycles. The Hall–Kier alpha value is -1.51. The van der Waals surface area contributed by atoms with Crippen LogP contribution in [-0.2, 0) is 6.54 Å². The number of likely N-dealkylation sites (tertiary alicyclic amines) is 1. The van der Waals surface area contributed by atoms with E-state index in [1.54, 1.807) is 6.07 Å². The van der Waals surface area contributed by atoms with Crippen LogP contribution in [0.15, 0.2) is 12.1 Å². The van der Waals surface area contributed by atoms with Crippen LogP contribution in [0.4, 0.5) is 8.78 Å². The van der Waals surface area contributed by atoms with Crippen LogP contribution in [0.3, 0.4) is 0 Å². The summed E-state index contributed by atoms with van der Waals surface area (Å²) >= 11 is 0. The zero-order valence-corrected chi connectivity index (χ0v) is 11.6. The van der Waals surface area contributed by atoms with Crippen LogP contribution < -0.4 is 5.32 Å². The maximum atomic E-state index is 13.7. The predicted molar refractivity (Wildman–Crippen MR) is 73.0 cm³/mol. The Morgan fingerprint density at radius 3 is 2.45 bits per heavy atom. The van der Waals surface area contributed by atoms with Gasteiger partial charge in [-0.25, -0.2) is 8.78 Å². The minimum Gasteiger partial charge on any atom is -0.312 e. The normalized spacial score (nSPS) is 17.1. The van der Waals surface area contributed by atoms with E-state index >= 15 is 0 Å². The fourth-order valence-electron chi connectivity index (χ4n) is 2.50. The zero-order valence-electron chi connectivity index (χ0n) is 11.6. The van der Waals surface area contributed by atoms with E-state index in [2.05, 4.69) is 17.3 Å². The minimum absolute atomic E-state index is 0.0110. The molecule has 1 aromatic carbocycles. The summed E-state index contributed by atoms with van der Waals surface area (Å²) in [5, 5.41) is 11.8. The van der Waals surface area contributed by atoms with Crippen LogP contribution in [0.2, 0.25) is 0 Å². The molecule has 3 nitrogen and oxygen atoms in total. The molecule has 1 N–H and O–H groups in total. The maximum Gasteiger partial charge on any atom is 0.131 e. The van der Waals surface area contributed by atoms with Crippen molar-refractivity contribution < 1.29 is 8.78 Å². The third kappa shape index (κ3) is 3.75. The Bertz CT molecular complexity index is 479. The van der Waals surface area contributed by atoms with Gasteiger partial charge in [-0.2, -0.15) is 5.26 Å². The van der Waals surface area contributed by atoms with E-state index in [4.69, 9.17) is 5.26 Å². The highest BCUT2D eigenvalue weighted by atomic mass is 19.1. The molecule has 0 radical (unpaired) electrons. The van der Waals surface area contributed by atoms with E-state index in [0.717, 1.165) is 44.6 Å². The van der Waals surface area contributed by atoms with Gasteiger partial charge in [0, 0.05) is 12.1 Å². The molecular formula is C15H19F2N3. The summed E-state index contributed by atoms with van der Waals surface area (Å²) in [4.78, 5) is 2.29. The van der Waals surface area contributed by atoms with Crippen LogP contribution in [0.1, 0.15) is 24.0 Å². The van der Waals surface area contributed by atoms with Crippen LogP contribution in [0, 0.1) is 28.9 Å². The zero-order chi connectivity index (χ0) is 14.5. The van der Waals surface area contributed by atoms with Gasteiger partial charge in [0.2, 0.25) is 0 Å². The van der Waals surface area contributed by atoms with Gasteiger partial charge in [0.25, 0.3) is 0 Å². The number of piperidine rings is 1. The summed E-state index contributed by atoms with van der Waals surface area (Å²) in [5.74, 6) is -0.745. The lowest BCUT2D eigenvalue weighted by atomic mass is 9.97. The van der Waals surface area contributed by atoms with Gasteiger partial charge in [0.1, 0.15) is 11.6 Å². The maximum absolute atomic E-state index is 13.7. The molecule has 0 aliphatic carbocycles. The van der Waals surface area contributed by atoms with Crippen LogP contribution in [0.25, 0.3) is 0 Å². The summed E-state index contributed by atoms with van der Waals surface area (Å²) in [5.41, 5.74) is 0.0241. The molecule has 20 heavy (non-hydrogen) atoms. The average Bonchev–Trinajstić information content (AvgIpc) is 2.43. The summed E-state index contributed by atoms with van der Waals surface area (Å²) in [6.45, 7) is 3.08. The van der Waals surface area contributed by atoms with Crippen molar-refractivity contribution in [1.82, 2.24) is 10.2 Å². The topological polar surface area (TPSA) is 39.1 Å². The van der Waals surface area contributed by atoms with E-state index < -0.39 is 11.6 Å². The Morgan fingerprint density at radius 1 is 1.30 bits per heavy atom. The fraction of sp³-hybridized carbons (Fsp3) is 0.533. The smallest absolute Gasteiger partial charge is 0.131 e. The molecule has 2 rings (SSSR count). The molecule has 0 spiro atoms. The van der Waals surface area contributed by atoms with Gasteiger partial charge in [-0.1, -0.05) is 0 Å². The monoisotopic (exact) mass is 279 g/mol. The van der Waals surface area contributed by atoms with Gasteiger partial charge in [-0.15, -0.1) is 0 Å². The van der Waals surface area contributed by atoms with Crippen molar-refractivity contribution in [2.24, 2.45) is 5.92 Å². The third-order valence-electron chi connectivity index (χ3n) is 3.84. The van der Waals surface area contributed by atoms with E-state index in [1.807, 2.05) is 0 Å². The summed E-state index contributed by atoms with van der Waals surface area (Å²) in [6.07, 6.45) is 2.23. The highest BCUT2D eigenvalue weighted by Gasteiger charge is 2.17. The number of hydrogen-bond acceptors (Lipinski definition) is 3. The molecule has 0 aromatic heterocycles. The molecule has 0 bridgehead atoms. The van der Waals surface area contributed by atoms with Crippen molar-refractivity contribution in [3.63, 3.8) is 0 Å². The quantitative estimate of drug-likeness (QED) is 0.919. The van der Waals surface area contributed by atoms with Gasteiger partial charge in [0.15, 0.2) is 0 Å². The van der Waals surface area contributed by atoms with Crippen molar-refractivity contribution in [1.29, 1.82) is 5.26 Å². The first-order valence-corrected chi connectivity index (χ1v) is 6.87. The Balaban J connectivity index is 1.87. The number of nitrogens with zero attached hydrogens (tertiary/aromatic N) is 2. The number of benzene rings is 1. The highest BCUT2D eigenvalue weighted by Crippen LogP contribution is 2.17. The van der Waals surface area contributed by atoms with Crippen molar-refractivity contribution in [2.75, 3.05) is 26.7 Å². The molecular weight excluding hydrogens is 260 g/mol. The second-order valence-electron chi connectivity index (χ2n) is 5.41. The average molecular weight is 279 g/mol. The summed E-state index contributed by atoms with van der Waals surface area (Å²) in [7, 11) is 2.10. The van der Waals surface area contributed by atoms with Gasteiger partial charge in [0.05, 0.1) is 11.6 Å². The van der Waals surface area contributed by atoms with Crippen molar-refractivity contribution in [2.45, 2.75) is 19.4 Å². The van der Waals surface area contributed by atoms with E-state index in [9.17, 15) is 8.78 Å². The summed E-state index contributed by atoms with van der Waals surface area (Å²) < 4.78 is 27.4. The third-order valence-corrected chi connectivity index (χ3v) is 3.84. The molecule has 1 fully saturated rings. The van der Waals surface area contributed by atoms with Crippen molar-refractivity contribution in [3.05, 3.63) is 34.9 Å². The first-order chi connectivity index (χ1) is 9.60. The lowest BCUT2D eigenvalue weighted by Crippen LogP contribution is -2.35. The number of nitriles is 1. The van der Waals surface area contributed by atoms with Crippen LogP contribution >= 0.6 is 0 Å². The molecule has 108 valence electrons. The molecule has 0 unspecified atom stereocenters. The van der Waals surface area contributed by atoms with Crippen molar-refractivity contribution >= 4 is 0 Å². The second-order valence-corrected chi connectivity index (χ2v) is 5.41. The number of nitrogens with one attached hydrogen (secondary N) is 1. The van der Waals surface area contributed by atoms with Gasteiger partial charge in [-0.05, 0) is 57.6 Å². The molecule has 0 atom stereocenters.